The van der Waals surface area contributed by atoms with E-state index in [0.29, 0.717) is 40.5 Å². The molecule has 2 atom stereocenters. The van der Waals surface area contributed by atoms with Crippen LogP contribution in [0.5, 0.6) is 11.5 Å². The van der Waals surface area contributed by atoms with Crippen molar-refractivity contribution < 1.29 is 28.7 Å². The summed E-state index contributed by atoms with van der Waals surface area (Å²) in [5.41, 5.74) is 2.87. The standard InChI is InChI=1S/C28H29ClN2O7/c1-14(2)38-28(33)25-15(3)30-20-10-18(16-7-9-23(36-4)24(13-16)37-5)12-22(32)27(20)26(25)17-6-8-19(29)21(11-17)31(34)35/h6-9,11,13-14,18,26,30H,10,12H2,1-5H3/t18-,26-/m1/s1. The van der Waals surface area contributed by atoms with E-state index in [9.17, 15) is 19.7 Å². The maximum absolute atomic E-state index is 13.8. The number of nitro benzene ring substituents is 1. The predicted molar refractivity (Wildman–Crippen MR) is 141 cm³/mol. The Morgan fingerprint density at radius 1 is 1.08 bits per heavy atom. The molecule has 0 bridgehead atoms. The van der Waals surface area contributed by atoms with Gasteiger partial charge in [0.15, 0.2) is 17.3 Å². The molecule has 1 heterocycles. The van der Waals surface area contributed by atoms with Gasteiger partial charge in [-0.25, -0.2) is 4.79 Å². The summed E-state index contributed by atoms with van der Waals surface area (Å²) in [6.07, 6.45) is 0.287. The Kier molecular flexibility index (Phi) is 7.78. The minimum Gasteiger partial charge on any atom is -0.493 e. The summed E-state index contributed by atoms with van der Waals surface area (Å²) in [5, 5.41) is 14.9. The number of benzene rings is 2. The molecule has 0 spiro atoms. The Morgan fingerprint density at radius 3 is 2.39 bits per heavy atom. The molecule has 200 valence electrons. The summed E-state index contributed by atoms with van der Waals surface area (Å²) in [6, 6.07) is 9.92. The van der Waals surface area contributed by atoms with Gasteiger partial charge in [-0.15, -0.1) is 0 Å². The normalized spacial score (nSPS) is 19.2. The maximum Gasteiger partial charge on any atom is 0.337 e. The third-order valence-corrected chi connectivity index (χ3v) is 7.09. The van der Waals surface area contributed by atoms with Crippen molar-refractivity contribution in [3.8, 4) is 11.5 Å². The molecule has 2 aliphatic rings. The van der Waals surface area contributed by atoms with Crippen LogP contribution in [0.2, 0.25) is 5.02 Å². The van der Waals surface area contributed by atoms with E-state index >= 15 is 0 Å². The second-order valence-corrected chi connectivity index (χ2v) is 9.96. The fourth-order valence-corrected chi connectivity index (χ4v) is 5.30. The first-order valence-corrected chi connectivity index (χ1v) is 12.5. The number of halogens is 1. The zero-order valence-electron chi connectivity index (χ0n) is 21.8. The number of methoxy groups -OCH3 is 2. The van der Waals surface area contributed by atoms with Gasteiger partial charge >= 0.3 is 5.97 Å². The molecule has 0 unspecified atom stereocenters. The van der Waals surface area contributed by atoms with Crippen LogP contribution in [-0.2, 0) is 14.3 Å². The van der Waals surface area contributed by atoms with Gasteiger partial charge in [-0.05, 0) is 62.4 Å². The highest BCUT2D eigenvalue weighted by Gasteiger charge is 2.42. The van der Waals surface area contributed by atoms with Crippen LogP contribution in [0.1, 0.15) is 56.6 Å². The molecule has 10 heteroatoms. The monoisotopic (exact) mass is 540 g/mol. The van der Waals surface area contributed by atoms with E-state index < -0.39 is 22.9 Å². The topological polar surface area (TPSA) is 117 Å². The van der Waals surface area contributed by atoms with E-state index in [1.54, 1.807) is 47.1 Å². The van der Waals surface area contributed by atoms with Crippen LogP contribution in [0.4, 0.5) is 5.69 Å². The van der Waals surface area contributed by atoms with Crippen molar-refractivity contribution >= 4 is 29.0 Å². The molecule has 9 nitrogen and oxygen atoms in total. The summed E-state index contributed by atoms with van der Waals surface area (Å²) < 4.78 is 16.3. The lowest BCUT2D eigenvalue weighted by molar-refractivity contribution is -0.384. The average Bonchev–Trinajstić information content (AvgIpc) is 2.86. The number of nitro groups is 1. The highest BCUT2D eigenvalue weighted by atomic mass is 35.5. The van der Waals surface area contributed by atoms with E-state index in [0.717, 1.165) is 5.56 Å². The van der Waals surface area contributed by atoms with Gasteiger partial charge in [-0.2, -0.15) is 0 Å². The summed E-state index contributed by atoms with van der Waals surface area (Å²) >= 11 is 6.07. The number of nitrogens with zero attached hydrogens (tertiary/aromatic N) is 1. The number of rotatable bonds is 7. The molecule has 38 heavy (non-hydrogen) atoms. The van der Waals surface area contributed by atoms with E-state index in [4.69, 9.17) is 25.8 Å². The van der Waals surface area contributed by atoms with Gasteiger partial charge in [0.05, 0.1) is 30.8 Å². The summed E-state index contributed by atoms with van der Waals surface area (Å²) in [4.78, 5) is 38.1. The molecule has 0 saturated heterocycles. The molecule has 0 saturated carbocycles. The molecule has 2 aromatic rings. The summed E-state index contributed by atoms with van der Waals surface area (Å²) in [5.74, 6) is -0.587. The Bertz CT molecular complexity index is 1380. The molecular formula is C28H29ClN2O7. The molecule has 0 aromatic heterocycles. The minimum absolute atomic E-state index is 0.0302. The number of ketones is 1. The number of Topliss-reactive ketones (excluding diaryl/α,β-unsaturated/α-hetero) is 1. The molecule has 1 aliphatic heterocycles. The van der Waals surface area contributed by atoms with Crippen LogP contribution in [0.3, 0.4) is 0 Å². The third kappa shape index (κ3) is 5.11. The van der Waals surface area contributed by atoms with Crippen molar-refractivity contribution in [2.75, 3.05) is 14.2 Å². The van der Waals surface area contributed by atoms with Gasteiger partial charge in [-0.1, -0.05) is 23.7 Å². The zero-order chi connectivity index (χ0) is 27.7. The first-order valence-electron chi connectivity index (χ1n) is 12.2. The number of ether oxygens (including phenoxy) is 3. The fraction of sp³-hybridized carbons (Fsp3) is 0.357. The van der Waals surface area contributed by atoms with Crippen molar-refractivity contribution in [3.05, 3.63) is 85.2 Å². The van der Waals surface area contributed by atoms with Crippen LogP contribution in [0.25, 0.3) is 0 Å². The van der Waals surface area contributed by atoms with Gasteiger partial charge in [0.1, 0.15) is 5.02 Å². The van der Waals surface area contributed by atoms with Gasteiger partial charge in [0.2, 0.25) is 0 Å². The van der Waals surface area contributed by atoms with Gasteiger partial charge < -0.3 is 19.5 Å². The summed E-state index contributed by atoms with van der Waals surface area (Å²) in [6.45, 7) is 5.20. The highest BCUT2D eigenvalue weighted by Crippen LogP contribution is 2.47. The van der Waals surface area contributed by atoms with Crippen LogP contribution in [0.15, 0.2) is 58.9 Å². The number of allylic oxidation sites excluding steroid dienone is 3. The predicted octanol–water partition coefficient (Wildman–Crippen LogP) is 5.58. The second kappa shape index (κ2) is 10.9. The number of hydrogen-bond acceptors (Lipinski definition) is 8. The Labute approximate surface area is 225 Å². The second-order valence-electron chi connectivity index (χ2n) is 9.55. The van der Waals surface area contributed by atoms with Crippen LogP contribution >= 0.6 is 11.6 Å². The number of esters is 1. The van der Waals surface area contributed by atoms with E-state index in [1.165, 1.54) is 12.1 Å². The fourth-order valence-electron chi connectivity index (χ4n) is 5.11. The molecule has 0 fully saturated rings. The SMILES string of the molecule is COc1ccc([C@H]2CC(=O)C3=C(C2)NC(C)=C(C(=O)OC(C)C)[C@H]3c2ccc(Cl)c([N+](=O)[O-])c2)cc1OC. The van der Waals surface area contributed by atoms with Gasteiger partial charge in [0.25, 0.3) is 5.69 Å². The largest absolute Gasteiger partial charge is 0.493 e. The quantitative estimate of drug-likeness (QED) is 0.275. The van der Waals surface area contributed by atoms with Gasteiger partial charge in [0, 0.05) is 35.4 Å². The Balaban J connectivity index is 1.82. The van der Waals surface area contributed by atoms with E-state index in [1.807, 2.05) is 12.1 Å². The lowest BCUT2D eigenvalue weighted by Gasteiger charge is -2.37. The Morgan fingerprint density at radius 2 is 1.76 bits per heavy atom. The first-order chi connectivity index (χ1) is 18.0. The smallest absolute Gasteiger partial charge is 0.337 e. The lowest BCUT2D eigenvalue weighted by Crippen LogP contribution is -2.36. The number of dihydropyridines is 1. The van der Waals surface area contributed by atoms with Crippen molar-refractivity contribution in [1.29, 1.82) is 0 Å². The minimum atomic E-state index is -0.840. The van der Waals surface area contributed by atoms with Crippen LogP contribution in [0, 0.1) is 10.1 Å². The molecule has 0 radical (unpaired) electrons. The lowest BCUT2D eigenvalue weighted by atomic mass is 9.71. The van der Waals surface area contributed by atoms with Crippen LogP contribution < -0.4 is 14.8 Å². The third-order valence-electron chi connectivity index (χ3n) is 6.77. The molecule has 1 N–H and O–H groups in total. The van der Waals surface area contributed by atoms with Crippen LogP contribution in [-0.4, -0.2) is 37.0 Å². The zero-order valence-corrected chi connectivity index (χ0v) is 22.5. The number of carbonyl (C=O) groups is 2. The van der Waals surface area contributed by atoms with Gasteiger partial charge in [-0.3, -0.25) is 14.9 Å². The van der Waals surface area contributed by atoms with E-state index in [-0.39, 0.29) is 34.4 Å². The highest BCUT2D eigenvalue weighted by molar-refractivity contribution is 6.32. The number of carbonyl (C=O) groups excluding carboxylic acids is 2. The molecule has 0 amide bonds. The van der Waals surface area contributed by atoms with Crippen molar-refractivity contribution in [3.63, 3.8) is 0 Å². The molecule has 2 aromatic carbocycles. The van der Waals surface area contributed by atoms with Crippen molar-refractivity contribution in [1.82, 2.24) is 5.32 Å². The number of hydrogen-bond donors (Lipinski definition) is 1. The number of nitrogens with one attached hydrogen (secondary N) is 1. The van der Waals surface area contributed by atoms with E-state index in [2.05, 4.69) is 5.32 Å². The Hall–Kier alpha value is -3.85. The summed E-state index contributed by atoms with van der Waals surface area (Å²) in [7, 11) is 3.11. The average molecular weight is 541 g/mol. The van der Waals surface area contributed by atoms with Crippen molar-refractivity contribution in [2.24, 2.45) is 0 Å². The first kappa shape index (κ1) is 27.2. The molecular weight excluding hydrogens is 512 g/mol. The molecule has 1 aliphatic carbocycles. The van der Waals surface area contributed by atoms with Crippen molar-refractivity contribution in [2.45, 2.75) is 51.6 Å². The maximum atomic E-state index is 13.8. The molecule has 4 rings (SSSR count).